The van der Waals surface area contributed by atoms with Crippen molar-refractivity contribution in [3.63, 3.8) is 0 Å². The molecule has 0 heterocycles. The number of carbonyl (C=O) groups is 1. The van der Waals surface area contributed by atoms with Gasteiger partial charge in [-0.25, -0.2) is 4.79 Å². The first-order valence-electron chi connectivity index (χ1n) is 7.14. The van der Waals surface area contributed by atoms with Crippen LogP contribution in [0.3, 0.4) is 0 Å². The Hall–Kier alpha value is -1.57. The number of ether oxygens (including phenoxy) is 1. The van der Waals surface area contributed by atoms with Gasteiger partial charge in [0, 0.05) is 11.2 Å². The van der Waals surface area contributed by atoms with E-state index in [-0.39, 0.29) is 12.3 Å². The third kappa shape index (κ3) is 4.22. The second-order valence-corrected chi connectivity index (χ2v) is 6.10. The average Bonchev–Trinajstić information content (AvgIpc) is 2.36. The van der Waals surface area contributed by atoms with E-state index in [1.807, 2.05) is 0 Å². The standard InChI is InChI=1S/C15H24BNO5/c1-6-21-13(18)10-7-8-11(12(17)9-10)16(20)22-15(4,5)14(2,3)19/h7-9,19-20H,6,17H2,1-5H3. The Morgan fingerprint density at radius 3 is 2.36 bits per heavy atom. The molecule has 0 saturated carbocycles. The number of hydrogen-bond acceptors (Lipinski definition) is 6. The van der Waals surface area contributed by atoms with Crippen molar-refractivity contribution in [1.82, 2.24) is 0 Å². The number of hydrogen-bond donors (Lipinski definition) is 3. The number of nitrogens with two attached hydrogens (primary N) is 1. The lowest BCUT2D eigenvalue weighted by Gasteiger charge is -2.38. The fraction of sp³-hybridized carbons (Fsp3) is 0.533. The highest BCUT2D eigenvalue weighted by Crippen LogP contribution is 2.25. The molecule has 1 rings (SSSR count). The van der Waals surface area contributed by atoms with Gasteiger partial charge < -0.3 is 25.3 Å². The van der Waals surface area contributed by atoms with Crippen molar-refractivity contribution >= 4 is 24.2 Å². The first-order valence-corrected chi connectivity index (χ1v) is 7.14. The molecule has 0 aliphatic rings. The van der Waals surface area contributed by atoms with Gasteiger partial charge in [-0.1, -0.05) is 6.07 Å². The molecule has 0 radical (unpaired) electrons. The van der Waals surface area contributed by atoms with Gasteiger partial charge >= 0.3 is 13.1 Å². The summed E-state index contributed by atoms with van der Waals surface area (Å²) in [5.41, 5.74) is 4.55. The SMILES string of the molecule is CCOC(=O)c1ccc(B(O)OC(C)(C)C(C)(C)O)c(N)c1. The van der Waals surface area contributed by atoms with Crippen LogP contribution in [0, 0.1) is 0 Å². The first-order chi connectivity index (χ1) is 9.99. The van der Waals surface area contributed by atoms with E-state index >= 15 is 0 Å². The van der Waals surface area contributed by atoms with Crippen molar-refractivity contribution in [1.29, 1.82) is 0 Å². The highest BCUT2D eigenvalue weighted by Gasteiger charge is 2.40. The number of carbonyl (C=O) groups excluding carboxylic acids is 1. The van der Waals surface area contributed by atoms with Crippen LogP contribution in [-0.4, -0.2) is 41.0 Å². The summed E-state index contributed by atoms with van der Waals surface area (Å²) in [5, 5.41) is 20.3. The van der Waals surface area contributed by atoms with Gasteiger partial charge in [0.25, 0.3) is 0 Å². The summed E-state index contributed by atoms with van der Waals surface area (Å²) in [6, 6.07) is 4.44. The number of anilines is 1. The molecule has 0 spiro atoms. The Morgan fingerprint density at radius 2 is 1.91 bits per heavy atom. The third-order valence-corrected chi connectivity index (χ3v) is 3.74. The molecule has 0 unspecified atom stereocenters. The molecule has 7 heteroatoms. The fourth-order valence-electron chi connectivity index (χ4n) is 1.63. The molecule has 0 amide bonds. The first kappa shape index (κ1) is 18.5. The van der Waals surface area contributed by atoms with Gasteiger partial charge in [-0.15, -0.1) is 0 Å². The molecule has 1 aromatic rings. The predicted molar refractivity (Wildman–Crippen MR) is 85.9 cm³/mol. The van der Waals surface area contributed by atoms with Gasteiger partial charge in [0.05, 0.1) is 23.4 Å². The van der Waals surface area contributed by atoms with Gasteiger partial charge in [0.2, 0.25) is 0 Å². The maximum absolute atomic E-state index is 11.6. The van der Waals surface area contributed by atoms with Crippen LogP contribution >= 0.6 is 0 Å². The lowest BCUT2D eigenvalue weighted by molar-refractivity contribution is -0.0982. The minimum atomic E-state index is -1.32. The van der Waals surface area contributed by atoms with Crippen molar-refractivity contribution in [3.05, 3.63) is 23.8 Å². The van der Waals surface area contributed by atoms with Crippen LogP contribution in [0.5, 0.6) is 0 Å². The van der Waals surface area contributed by atoms with Crippen molar-refractivity contribution < 1.29 is 24.3 Å². The minimum Gasteiger partial charge on any atom is -0.462 e. The second-order valence-electron chi connectivity index (χ2n) is 6.10. The summed E-state index contributed by atoms with van der Waals surface area (Å²) >= 11 is 0. The lowest BCUT2D eigenvalue weighted by Crippen LogP contribution is -2.53. The molecule has 22 heavy (non-hydrogen) atoms. The Morgan fingerprint density at radius 1 is 1.32 bits per heavy atom. The van der Waals surface area contributed by atoms with Gasteiger partial charge in [-0.2, -0.15) is 0 Å². The summed E-state index contributed by atoms with van der Waals surface area (Å²) in [6.07, 6.45) is 0. The van der Waals surface area contributed by atoms with Crippen molar-refractivity contribution in [2.45, 2.75) is 45.8 Å². The number of aliphatic hydroxyl groups is 1. The van der Waals surface area contributed by atoms with Crippen LogP contribution < -0.4 is 11.2 Å². The normalized spacial score (nSPS) is 12.1. The Bertz CT molecular complexity index is 539. The lowest BCUT2D eigenvalue weighted by atomic mass is 9.75. The van der Waals surface area contributed by atoms with Crippen LogP contribution in [0.1, 0.15) is 45.0 Å². The summed E-state index contributed by atoms with van der Waals surface area (Å²) in [7, 11) is -1.32. The Balaban J connectivity index is 2.96. The number of benzene rings is 1. The molecule has 4 N–H and O–H groups in total. The summed E-state index contributed by atoms with van der Waals surface area (Å²) < 4.78 is 10.4. The van der Waals surface area contributed by atoms with Crippen LogP contribution in [-0.2, 0) is 9.39 Å². The molecular formula is C15H24BNO5. The summed E-state index contributed by atoms with van der Waals surface area (Å²) in [6.45, 7) is 8.50. The molecular weight excluding hydrogens is 285 g/mol. The zero-order chi connectivity index (χ0) is 17.1. The predicted octanol–water partition coefficient (Wildman–Crippen LogP) is 0.699. The summed E-state index contributed by atoms with van der Waals surface area (Å²) in [4.78, 5) is 11.6. The average molecular weight is 309 g/mol. The smallest absolute Gasteiger partial charge is 0.462 e. The number of esters is 1. The number of nitrogen functional groups attached to an aromatic ring is 1. The van der Waals surface area contributed by atoms with Crippen molar-refractivity contribution in [2.24, 2.45) is 0 Å². The van der Waals surface area contributed by atoms with Crippen LogP contribution in [0.2, 0.25) is 0 Å². The molecule has 0 saturated heterocycles. The van der Waals surface area contributed by atoms with E-state index in [4.69, 9.17) is 15.1 Å². The summed E-state index contributed by atoms with van der Waals surface area (Å²) in [5.74, 6) is -0.479. The molecule has 122 valence electrons. The quantitative estimate of drug-likeness (QED) is 0.406. The molecule has 0 aliphatic heterocycles. The Kier molecular flexibility index (Phi) is 5.62. The molecule has 0 fully saturated rings. The van der Waals surface area contributed by atoms with Gasteiger partial charge in [-0.05, 0) is 46.8 Å². The van der Waals surface area contributed by atoms with E-state index in [0.29, 0.717) is 11.0 Å². The van der Waals surface area contributed by atoms with Crippen LogP contribution in [0.15, 0.2) is 18.2 Å². The topological polar surface area (TPSA) is 102 Å². The van der Waals surface area contributed by atoms with Gasteiger partial charge in [0.1, 0.15) is 0 Å². The van der Waals surface area contributed by atoms with E-state index in [1.165, 1.54) is 18.2 Å². The highest BCUT2D eigenvalue weighted by molar-refractivity contribution is 6.62. The van der Waals surface area contributed by atoms with Crippen molar-refractivity contribution in [2.75, 3.05) is 12.3 Å². The number of rotatable bonds is 6. The second kappa shape index (κ2) is 6.68. The van der Waals surface area contributed by atoms with Gasteiger partial charge in [-0.3, -0.25) is 0 Å². The van der Waals surface area contributed by atoms with E-state index < -0.39 is 24.3 Å². The fourth-order valence-corrected chi connectivity index (χ4v) is 1.63. The van der Waals surface area contributed by atoms with Gasteiger partial charge in [0.15, 0.2) is 0 Å². The maximum Gasteiger partial charge on any atom is 0.493 e. The Labute approximate surface area is 131 Å². The van der Waals surface area contributed by atoms with Crippen molar-refractivity contribution in [3.8, 4) is 0 Å². The maximum atomic E-state index is 11.6. The van der Waals surface area contributed by atoms with E-state index in [1.54, 1.807) is 34.6 Å². The van der Waals surface area contributed by atoms with E-state index in [9.17, 15) is 14.9 Å². The monoisotopic (exact) mass is 309 g/mol. The van der Waals surface area contributed by atoms with Crippen LogP contribution in [0.4, 0.5) is 5.69 Å². The third-order valence-electron chi connectivity index (χ3n) is 3.74. The molecule has 0 aromatic heterocycles. The molecule has 0 atom stereocenters. The van der Waals surface area contributed by atoms with E-state index in [2.05, 4.69) is 0 Å². The molecule has 0 aliphatic carbocycles. The molecule has 0 bridgehead atoms. The minimum absolute atomic E-state index is 0.213. The largest absolute Gasteiger partial charge is 0.493 e. The zero-order valence-corrected chi connectivity index (χ0v) is 13.7. The molecule has 6 nitrogen and oxygen atoms in total. The van der Waals surface area contributed by atoms with E-state index in [0.717, 1.165) is 0 Å². The molecule has 1 aromatic carbocycles. The van der Waals surface area contributed by atoms with Crippen LogP contribution in [0.25, 0.3) is 0 Å². The zero-order valence-electron chi connectivity index (χ0n) is 13.7. The highest BCUT2D eigenvalue weighted by atomic mass is 16.5.